The van der Waals surface area contributed by atoms with Gasteiger partial charge in [0, 0.05) is 0 Å². The third-order valence-electron chi connectivity index (χ3n) is 2.12. The summed E-state index contributed by atoms with van der Waals surface area (Å²) in [5, 5.41) is 35.9. The Balaban J connectivity index is 2.07. The highest BCUT2D eigenvalue weighted by atomic mass is 16.9. The summed E-state index contributed by atoms with van der Waals surface area (Å²) in [5.74, 6) is 0. The highest BCUT2D eigenvalue weighted by Crippen LogP contribution is 2.32. The molecule has 0 aromatic heterocycles. The summed E-state index contributed by atoms with van der Waals surface area (Å²) < 4.78 is 14.0. The number of fused-ring (bicyclic) bond motifs is 1. The molecule has 2 heterocycles. The van der Waals surface area contributed by atoms with Gasteiger partial charge in [0.25, 0.3) is 0 Å². The Hall–Kier alpha value is -0.215. The molecule has 0 bridgehead atoms. The normalized spacial score (nSPS) is 48.0. The molecule has 0 aromatic rings. The van der Waals surface area contributed by atoms with E-state index in [4.69, 9.17) is 19.9 Å². The van der Waals surface area contributed by atoms with Crippen molar-refractivity contribution in [2.24, 2.45) is 0 Å². The van der Waals surface area contributed by atoms with Gasteiger partial charge in [-0.25, -0.2) is 0 Å². The van der Waals surface area contributed by atoms with Crippen molar-refractivity contribution >= 4 is 6.96 Å². The summed E-state index contributed by atoms with van der Waals surface area (Å²) in [6, 6.07) is 0. The van der Waals surface area contributed by atoms with E-state index >= 15 is 0 Å². The van der Waals surface area contributed by atoms with Crippen molar-refractivity contribution in [3.8, 4) is 0 Å². The van der Waals surface area contributed by atoms with E-state index in [9.17, 15) is 5.11 Å². The Morgan fingerprint density at radius 2 is 1.92 bits per heavy atom. The van der Waals surface area contributed by atoms with Crippen LogP contribution in [0.5, 0.6) is 0 Å². The second kappa shape index (κ2) is 2.89. The molecule has 0 saturated carbocycles. The summed E-state index contributed by atoms with van der Waals surface area (Å²) in [6.07, 6.45) is -3.89. The maximum Gasteiger partial charge on any atom is 0.528 e. The zero-order chi connectivity index (χ0) is 9.64. The first-order chi connectivity index (χ1) is 6.03. The second-order valence-electron chi connectivity index (χ2n) is 3.09. The highest BCUT2D eigenvalue weighted by Gasteiger charge is 2.52. The van der Waals surface area contributed by atoms with Crippen molar-refractivity contribution in [3.63, 3.8) is 0 Å². The van der Waals surface area contributed by atoms with Gasteiger partial charge in [-0.15, -0.1) is 0 Å². The summed E-state index contributed by atoms with van der Waals surface area (Å²) in [6.45, 7) is -3.71. The van der Waals surface area contributed by atoms with Crippen LogP contribution in [0.2, 0.25) is 0 Å². The maximum atomic E-state index is 9.39. The van der Waals surface area contributed by atoms with Crippen molar-refractivity contribution < 1.29 is 34.3 Å². The molecule has 0 spiro atoms. The maximum absolute atomic E-state index is 9.39. The molecule has 2 rings (SSSR count). The van der Waals surface area contributed by atoms with E-state index < -0.39 is 31.6 Å². The van der Waals surface area contributed by atoms with Gasteiger partial charge in [-0.1, -0.05) is 0 Å². The van der Waals surface area contributed by atoms with Gasteiger partial charge in [0.2, 0.25) is 0 Å². The molecule has 2 aliphatic rings. The first-order valence-electron chi connectivity index (χ1n) is 3.91. The number of hydrogen-bond acceptors (Lipinski definition) is 7. The third kappa shape index (κ3) is 1.46. The van der Waals surface area contributed by atoms with Crippen molar-refractivity contribution in [2.75, 3.05) is 6.61 Å². The standard InChI is InChI=1S/C5H10BO7/c7-1-2-3(8)4-5(11-2)13-6(9,10)12-4/h2-5,7-10H,1H2/q-1/t2-,3-,4+,5+/m0/s1. The van der Waals surface area contributed by atoms with Crippen molar-refractivity contribution in [3.05, 3.63) is 0 Å². The molecule has 0 amide bonds. The van der Waals surface area contributed by atoms with E-state index in [0.29, 0.717) is 0 Å². The lowest BCUT2D eigenvalue weighted by molar-refractivity contribution is -0.107. The van der Waals surface area contributed by atoms with E-state index in [1.54, 1.807) is 0 Å². The van der Waals surface area contributed by atoms with Gasteiger partial charge in [0.1, 0.15) is 18.5 Å². The molecule has 4 N–H and O–H groups in total. The molecular weight excluding hydrogens is 183 g/mol. The van der Waals surface area contributed by atoms with Gasteiger partial charge < -0.3 is 34.3 Å². The first-order valence-corrected chi connectivity index (χ1v) is 3.91. The van der Waals surface area contributed by atoms with Crippen LogP contribution in [-0.2, 0) is 14.0 Å². The number of hydrogen-bond donors (Lipinski definition) is 4. The fourth-order valence-electron chi connectivity index (χ4n) is 1.52. The topological polar surface area (TPSA) is 109 Å². The van der Waals surface area contributed by atoms with Gasteiger partial charge in [-0.05, 0) is 0 Å². The van der Waals surface area contributed by atoms with Crippen LogP contribution in [0.15, 0.2) is 0 Å². The van der Waals surface area contributed by atoms with Crippen LogP contribution in [0, 0.1) is 0 Å². The number of aliphatic hydroxyl groups is 2. The van der Waals surface area contributed by atoms with E-state index in [2.05, 4.69) is 9.31 Å². The number of aliphatic hydroxyl groups excluding tert-OH is 2. The fraction of sp³-hybridized carbons (Fsp3) is 1.00. The molecular formula is C5H10BO7-. The molecule has 2 aliphatic heterocycles. The van der Waals surface area contributed by atoms with Crippen LogP contribution in [0.4, 0.5) is 0 Å². The molecule has 0 unspecified atom stereocenters. The molecule has 0 radical (unpaired) electrons. The average Bonchev–Trinajstić information content (AvgIpc) is 2.47. The van der Waals surface area contributed by atoms with E-state index in [1.807, 2.05) is 0 Å². The Bertz CT molecular complexity index is 209. The molecule has 8 heteroatoms. The fourth-order valence-corrected chi connectivity index (χ4v) is 1.52. The van der Waals surface area contributed by atoms with Gasteiger partial charge in [0.05, 0.1) is 12.7 Å². The SMILES string of the molecule is OC[C@@H]1O[C@@H]2O[B-](O)(O)O[C@@H]2[C@H]1O. The average molecular weight is 193 g/mol. The Labute approximate surface area is 73.5 Å². The van der Waals surface area contributed by atoms with Gasteiger partial charge in [-0.3, -0.25) is 0 Å². The smallest absolute Gasteiger partial charge is 0.528 e. The van der Waals surface area contributed by atoms with Crippen LogP contribution < -0.4 is 0 Å². The Morgan fingerprint density at radius 3 is 2.46 bits per heavy atom. The zero-order valence-electron chi connectivity index (χ0n) is 6.61. The van der Waals surface area contributed by atoms with Crippen LogP contribution in [0.1, 0.15) is 0 Å². The lowest BCUT2D eigenvalue weighted by Crippen LogP contribution is -2.42. The summed E-state index contributed by atoms with van der Waals surface area (Å²) in [5.41, 5.74) is 0. The minimum absolute atomic E-state index is 0.377. The van der Waals surface area contributed by atoms with Gasteiger partial charge >= 0.3 is 6.96 Å². The van der Waals surface area contributed by atoms with Crippen LogP contribution >= 0.6 is 0 Å². The monoisotopic (exact) mass is 193 g/mol. The molecule has 7 nitrogen and oxygen atoms in total. The third-order valence-corrected chi connectivity index (χ3v) is 2.12. The molecule has 0 aliphatic carbocycles. The van der Waals surface area contributed by atoms with E-state index in [1.165, 1.54) is 0 Å². The number of rotatable bonds is 1. The second-order valence-corrected chi connectivity index (χ2v) is 3.09. The van der Waals surface area contributed by atoms with Crippen LogP contribution in [0.3, 0.4) is 0 Å². The lowest BCUT2D eigenvalue weighted by Gasteiger charge is -2.24. The minimum Gasteiger partial charge on any atom is -0.533 e. The van der Waals surface area contributed by atoms with Crippen molar-refractivity contribution in [1.82, 2.24) is 0 Å². The van der Waals surface area contributed by atoms with Crippen LogP contribution in [-0.4, -0.2) is 58.4 Å². The van der Waals surface area contributed by atoms with E-state index in [-0.39, 0.29) is 6.61 Å². The van der Waals surface area contributed by atoms with Crippen molar-refractivity contribution in [2.45, 2.75) is 24.6 Å². The predicted molar refractivity (Wildman–Crippen MR) is 37.9 cm³/mol. The molecule has 0 aromatic carbocycles. The lowest BCUT2D eigenvalue weighted by atomic mass is 10.1. The van der Waals surface area contributed by atoms with Gasteiger partial charge in [0.15, 0.2) is 0 Å². The predicted octanol–water partition coefficient (Wildman–Crippen LogP) is -3.10. The summed E-state index contributed by atoms with van der Waals surface area (Å²) in [4.78, 5) is 0. The van der Waals surface area contributed by atoms with Crippen molar-refractivity contribution in [1.29, 1.82) is 0 Å². The summed E-state index contributed by atoms with van der Waals surface area (Å²) in [7, 11) is 0. The quantitative estimate of drug-likeness (QED) is 0.326. The van der Waals surface area contributed by atoms with Gasteiger partial charge in [-0.2, -0.15) is 0 Å². The molecule has 76 valence electrons. The molecule has 2 saturated heterocycles. The minimum atomic E-state index is -3.33. The largest absolute Gasteiger partial charge is 0.533 e. The highest BCUT2D eigenvalue weighted by molar-refractivity contribution is 6.51. The van der Waals surface area contributed by atoms with Crippen LogP contribution in [0.25, 0.3) is 0 Å². The summed E-state index contributed by atoms with van der Waals surface area (Å²) >= 11 is 0. The Kier molecular flexibility index (Phi) is 2.08. The number of ether oxygens (including phenoxy) is 1. The molecule has 2 fully saturated rings. The zero-order valence-corrected chi connectivity index (χ0v) is 6.61. The molecule has 13 heavy (non-hydrogen) atoms. The molecule has 4 atom stereocenters. The van der Waals surface area contributed by atoms with E-state index in [0.717, 1.165) is 0 Å². The Morgan fingerprint density at radius 1 is 1.23 bits per heavy atom. The first kappa shape index (κ1) is 9.34.